The van der Waals surface area contributed by atoms with Crippen LogP contribution in [0.2, 0.25) is 0 Å². The molecular weight excluding hydrogens is 1150 g/mol. The van der Waals surface area contributed by atoms with Gasteiger partial charge in [0.1, 0.15) is 0 Å². The Bertz CT molecular complexity index is 574. The number of likely N-dealkylation sites (N-methyl/N-ethyl adjacent to an activating group) is 12. The van der Waals surface area contributed by atoms with E-state index < -0.39 is 0 Å². The molecule has 0 saturated heterocycles. The fourth-order valence-electron chi connectivity index (χ4n) is 0.866. The van der Waals surface area contributed by atoms with Crippen molar-refractivity contribution in [2.45, 2.75) is 0 Å². The summed E-state index contributed by atoms with van der Waals surface area (Å²) in [6.45, 7) is 4.00. The van der Waals surface area contributed by atoms with Crippen molar-refractivity contribution in [3.63, 3.8) is 0 Å². The number of rotatable bonds is 24. The summed E-state index contributed by atoms with van der Waals surface area (Å²) in [5, 5.41) is 31.1. The van der Waals surface area contributed by atoms with Crippen LogP contribution < -0.4 is 63.8 Å². The van der Waals surface area contributed by atoms with Gasteiger partial charge >= 0.3 is 131 Å². The molecule has 0 aliphatic rings. The zero-order valence-electron chi connectivity index (χ0n) is 39.7. The van der Waals surface area contributed by atoms with E-state index in [1.807, 2.05) is 0 Å². The molecule has 0 fully saturated rings. The molecule has 0 rings (SSSR count). The van der Waals surface area contributed by atoms with E-state index in [1.165, 1.54) is 0 Å². The maximum Gasteiger partial charge on any atom is 3.00 e. The van der Waals surface area contributed by atoms with Crippen LogP contribution in [0.3, 0.4) is 0 Å². The zero-order chi connectivity index (χ0) is 49.5. The predicted octanol–water partition coefficient (Wildman–Crippen LogP) is -8.22. The average Bonchev–Trinajstić information content (AvgIpc) is 3.24. The van der Waals surface area contributed by atoms with E-state index in [0.29, 0.717) is 78.5 Å². The Kier molecular flexibility index (Phi) is 322. The molecule has 0 aromatic carbocycles. The Hall–Kier alpha value is -0.0244. The normalized spacial score (nSPS) is 6.94. The van der Waals surface area contributed by atoms with E-state index in [9.17, 15) is 57.5 Å². The van der Waals surface area contributed by atoms with Crippen molar-refractivity contribution in [2.75, 3.05) is 163 Å². The van der Waals surface area contributed by atoms with Gasteiger partial charge in [0.2, 0.25) is 0 Å². The van der Waals surface area contributed by atoms with E-state index >= 15 is 0 Å². The summed E-state index contributed by atoms with van der Waals surface area (Å²) >= 11 is 0. The van der Waals surface area contributed by atoms with Crippen LogP contribution in [0.1, 0.15) is 0 Å². The van der Waals surface area contributed by atoms with E-state index in [1.54, 1.807) is 160 Å². The van der Waals surface area contributed by atoms with E-state index in [2.05, 4.69) is 63.8 Å². The van der Waals surface area contributed by atoms with Crippen molar-refractivity contribution in [3.8, 4) is 0 Å². The molecule has 64 heavy (non-hydrogen) atoms. The van der Waals surface area contributed by atoms with Crippen molar-refractivity contribution >= 4 is 75.4 Å². The summed E-state index contributed by atoms with van der Waals surface area (Å²) in [7, 11) is 20.4. The summed E-state index contributed by atoms with van der Waals surface area (Å²) in [6, 6.07) is 0. The van der Waals surface area contributed by atoms with Crippen LogP contribution in [0.25, 0.3) is 0 Å². The second kappa shape index (κ2) is 187. The first kappa shape index (κ1) is 110. The SMILES string of the molecule is CNC[C-]=O.CNC[C-]=O.CNC[C-]=O.CNC[C-]=O.CNC[C-]=O.CNC[C-]=O.CNC[C-]=O.CNC[C-]=O.CNC[C-]=O.CNC[C-]=O.CNC[C-]=O.CNC[C-]=O.[Y+3].[Y+3].[Y+3].[Y+3]. The van der Waals surface area contributed by atoms with Gasteiger partial charge in [0, 0.05) is 0 Å². The van der Waals surface area contributed by atoms with Crippen molar-refractivity contribution in [3.05, 3.63) is 0 Å². The van der Waals surface area contributed by atoms with Crippen LogP contribution in [0.4, 0.5) is 0 Å². The molecule has 0 aromatic heterocycles. The van der Waals surface area contributed by atoms with Crippen molar-refractivity contribution in [1.82, 2.24) is 63.8 Å². The van der Waals surface area contributed by atoms with Gasteiger partial charge in [-0.3, -0.25) is 75.4 Å². The molecule has 0 amide bonds. The maximum absolute atomic E-state index is 9.22. The van der Waals surface area contributed by atoms with Gasteiger partial charge in [-0.2, -0.15) is 0 Å². The maximum atomic E-state index is 9.22. The second-order valence-electron chi connectivity index (χ2n) is 8.10. The molecule has 12 N–H and O–H groups in total. The molecule has 0 atom stereocenters. The zero-order valence-corrected chi connectivity index (χ0v) is 51.0. The van der Waals surface area contributed by atoms with E-state index in [4.69, 9.17) is 0 Å². The van der Waals surface area contributed by atoms with Crippen LogP contribution in [-0.4, -0.2) is 239 Å². The standard InChI is InChI=1S/12C3H6NO.4Y/c12*1-4-2-3-5;;;;/h12*4H,2H2,1H3;;;;/q12*-1;4*+3. The van der Waals surface area contributed by atoms with E-state index in [-0.39, 0.29) is 131 Å². The first-order valence-corrected chi connectivity index (χ1v) is 16.9. The van der Waals surface area contributed by atoms with Crippen LogP contribution in [0.15, 0.2) is 0 Å². The molecule has 0 radical (unpaired) electrons. The average molecular weight is 1220 g/mol. The van der Waals surface area contributed by atoms with Gasteiger partial charge in [0.15, 0.2) is 0 Å². The molecule has 0 aliphatic heterocycles. The van der Waals surface area contributed by atoms with Gasteiger partial charge < -0.3 is 121 Å². The quantitative estimate of drug-likeness (QED) is 0.0400. The summed E-state index contributed by atoms with van der Waals surface area (Å²) in [6.07, 6.45) is 19.9. The fourth-order valence-corrected chi connectivity index (χ4v) is 0.866. The Morgan fingerprint density at radius 2 is 0.219 bits per heavy atom. The summed E-state index contributed by atoms with van der Waals surface area (Å²) < 4.78 is 0. The Balaban J connectivity index is -0.0000000279. The van der Waals surface area contributed by atoms with Gasteiger partial charge in [-0.05, 0) is 84.6 Å². The van der Waals surface area contributed by atoms with Crippen molar-refractivity contribution in [2.24, 2.45) is 0 Å². The molecule has 0 bridgehead atoms. The largest absolute Gasteiger partial charge is 3.00 e. The molecule has 0 spiro atoms. The molecule has 360 valence electrons. The second-order valence-corrected chi connectivity index (χ2v) is 8.10. The molecule has 24 nitrogen and oxygen atoms in total. The number of hydrogen-bond acceptors (Lipinski definition) is 24. The van der Waals surface area contributed by atoms with Crippen LogP contribution in [0.5, 0.6) is 0 Å². The molecule has 0 unspecified atom stereocenters. The van der Waals surface area contributed by atoms with Gasteiger partial charge in [0.05, 0.1) is 0 Å². The van der Waals surface area contributed by atoms with Crippen molar-refractivity contribution in [1.29, 1.82) is 0 Å². The fraction of sp³-hybridized carbons (Fsp3) is 0.667. The number of nitrogens with one attached hydrogen (secondary N) is 12. The van der Waals surface area contributed by atoms with Crippen molar-refractivity contribution < 1.29 is 188 Å². The predicted molar refractivity (Wildman–Crippen MR) is 235 cm³/mol. The minimum Gasteiger partial charge on any atom is -0.541 e. The topological polar surface area (TPSA) is 349 Å². The van der Waals surface area contributed by atoms with Gasteiger partial charge in [-0.15, -0.1) is 78.5 Å². The van der Waals surface area contributed by atoms with Gasteiger partial charge in [-0.25, -0.2) is 0 Å². The third-order valence-electron chi connectivity index (χ3n) is 2.99. The molecule has 0 aromatic rings. The number of carbonyl (C=O) groups excluding carboxylic acids is 12. The summed E-state index contributed by atoms with van der Waals surface area (Å²) in [5.74, 6) is 0. The van der Waals surface area contributed by atoms with Gasteiger partial charge in [0.25, 0.3) is 0 Å². The van der Waals surface area contributed by atoms with Crippen LogP contribution in [0, 0.1) is 0 Å². The molecular formula is C36H72N12O12Y4. The monoisotopic (exact) mass is 1220 g/mol. The third-order valence-corrected chi connectivity index (χ3v) is 2.99. The summed E-state index contributed by atoms with van der Waals surface area (Å²) in [4.78, 5) is 111. The first-order valence-electron chi connectivity index (χ1n) is 16.9. The molecule has 0 aliphatic carbocycles. The van der Waals surface area contributed by atoms with Gasteiger partial charge in [-0.1, -0.05) is 0 Å². The minimum absolute atomic E-state index is 0. The molecule has 28 heteroatoms. The molecule has 0 heterocycles. The number of hydrogen-bond donors (Lipinski definition) is 12. The van der Waals surface area contributed by atoms with Crippen LogP contribution >= 0.6 is 0 Å². The Morgan fingerprint density at radius 3 is 0.219 bits per heavy atom. The van der Waals surface area contributed by atoms with E-state index in [0.717, 1.165) is 0 Å². The minimum atomic E-state index is 0. The first-order chi connectivity index (χ1) is 29.0. The smallest absolute Gasteiger partial charge is 0.541 e. The Morgan fingerprint density at radius 1 is 0.172 bits per heavy atom. The van der Waals surface area contributed by atoms with Crippen LogP contribution in [-0.2, 0) is 188 Å². The Labute approximate surface area is 485 Å². The summed E-state index contributed by atoms with van der Waals surface area (Å²) in [5.41, 5.74) is 0. The third kappa shape index (κ3) is 401. The molecule has 0 saturated carbocycles.